The molecule has 1 N–H and O–H groups in total. The van der Waals surface area contributed by atoms with Crippen LogP contribution in [0.2, 0.25) is 0 Å². The van der Waals surface area contributed by atoms with Gasteiger partial charge in [0.2, 0.25) is 0 Å². The molecule has 0 aliphatic heterocycles. The maximum atomic E-state index is 11.1. The summed E-state index contributed by atoms with van der Waals surface area (Å²) in [4.78, 5) is 0. The smallest absolute Gasteiger partial charge is 0.111 e. The molecular weight excluding hydrogens is 208 g/mol. The maximum Gasteiger partial charge on any atom is 0.111 e. The molecule has 0 radical (unpaired) electrons. The van der Waals surface area contributed by atoms with Crippen molar-refractivity contribution in [2.45, 2.75) is 39.2 Å². The number of hydrogen-bond donors (Lipinski definition) is 1. The van der Waals surface area contributed by atoms with Crippen LogP contribution in [0.4, 0.5) is 0 Å². The predicted octanol–water partition coefficient (Wildman–Crippen LogP) is 3.89. The molecule has 0 heterocycles. The highest BCUT2D eigenvalue weighted by Crippen LogP contribution is 2.46. The van der Waals surface area contributed by atoms with E-state index in [-0.39, 0.29) is 0 Å². The Balaban J connectivity index is 2.46. The Labute approximate surface area is 104 Å². The van der Waals surface area contributed by atoms with Crippen molar-refractivity contribution in [2.75, 3.05) is 0 Å². The van der Waals surface area contributed by atoms with Crippen molar-refractivity contribution >= 4 is 0 Å². The number of aliphatic hydroxyl groups is 1. The van der Waals surface area contributed by atoms with Crippen molar-refractivity contribution in [1.82, 2.24) is 0 Å². The SMILES string of the molecule is C/C=C1\[C@H](C)C[C@@H](C)C[C@]1(O)c1ccccc1. The molecule has 1 fully saturated rings. The van der Waals surface area contributed by atoms with Gasteiger partial charge in [0.05, 0.1) is 0 Å². The van der Waals surface area contributed by atoms with Gasteiger partial charge >= 0.3 is 0 Å². The quantitative estimate of drug-likeness (QED) is 0.726. The van der Waals surface area contributed by atoms with E-state index >= 15 is 0 Å². The van der Waals surface area contributed by atoms with Gasteiger partial charge in [-0.2, -0.15) is 0 Å². The number of allylic oxidation sites excluding steroid dienone is 1. The molecule has 1 aliphatic rings. The third kappa shape index (κ3) is 2.16. The highest BCUT2D eigenvalue weighted by molar-refractivity contribution is 5.35. The molecule has 0 unspecified atom stereocenters. The van der Waals surface area contributed by atoms with E-state index < -0.39 is 5.60 Å². The average Bonchev–Trinajstić information content (AvgIpc) is 2.29. The van der Waals surface area contributed by atoms with E-state index in [0.717, 1.165) is 12.0 Å². The van der Waals surface area contributed by atoms with Gasteiger partial charge in [-0.1, -0.05) is 50.3 Å². The number of hydrogen-bond acceptors (Lipinski definition) is 1. The first-order chi connectivity index (χ1) is 8.08. The molecular formula is C16H22O. The van der Waals surface area contributed by atoms with Crippen molar-refractivity contribution < 1.29 is 5.11 Å². The summed E-state index contributed by atoms with van der Waals surface area (Å²) < 4.78 is 0. The summed E-state index contributed by atoms with van der Waals surface area (Å²) in [5.41, 5.74) is 1.46. The molecule has 0 spiro atoms. The number of benzene rings is 1. The summed E-state index contributed by atoms with van der Waals surface area (Å²) in [6, 6.07) is 10.1. The fraction of sp³-hybridized carbons (Fsp3) is 0.500. The number of rotatable bonds is 1. The van der Waals surface area contributed by atoms with Crippen LogP contribution in [0.25, 0.3) is 0 Å². The highest BCUT2D eigenvalue weighted by Gasteiger charge is 2.41. The lowest BCUT2D eigenvalue weighted by Crippen LogP contribution is -2.38. The molecule has 1 aromatic rings. The lowest BCUT2D eigenvalue weighted by atomic mass is 9.67. The van der Waals surface area contributed by atoms with Crippen molar-refractivity contribution in [1.29, 1.82) is 0 Å². The van der Waals surface area contributed by atoms with Gasteiger partial charge in [0.15, 0.2) is 0 Å². The minimum absolute atomic E-state index is 0.467. The fourth-order valence-corrected chi connectivity index (χ4v) is 3.37. The highest BCUT2D eigenvalue weighted by atomic mass is 16.3. The molecule has 1 aliphatic carbocycles. The summed E-state index contributed by atoms with van der Waals surface area (Å²) in [6.45, 7) is 6.49. The van der Waals surface area contributed by atoms with Crippen LogP contribution in [0.5, 0.6) is 0 Å². The third-order valence-corrected chi connectivity index (χ3v) is 3.97. The molecule has 2 rings (SSSR count). The van der Waals surface area contributed by atoms with E-state index in [1.807, 2.05) is 37.3 Å². The molecule has 17 heavy (non-hydrogen) atoms. The molecule has 1 aromatic carbocycles. The van der Waals surface area contributed by atoms with Gasteiger partial charge in [-0.15, -0.1) is 0 Å². The third-order valence-electron chi connectivity index (χ3n) is 3.97. The zero-order valence-electron chi connectivity index (χ0n) is 11.0. The van der Waals surface area contributed by atoms with E-state index in [1.54, 1.807) is 0 Å². The Morgan fingerprint density at radius 2 is 1.88 bits per heavy atom. The van der Waals surface area contributed by atoms with E-state index in [4.69, 9.17) is 0 Å². The summed E-state index contributed by atoms with van der Waals surface area (Å²) >= 11 is 0. The lowest BCUT2D eigenvalue weighted by Gasteiger charge is -2.42. The van der Waals surface area contributed by atoms with Crippen LogP contribution < -0.4 is 0 Å². The standard InChI is InChI=1S/C16H22O/c1-4-15-13(3)10-12(2)11-16(15,17)14-8-6-5-7-9-14/h4-9,12-13,17H,10-11H2,1-3H3/b15-4+/t12-,13-,16+/m1/s1. The monoisotopic (exact) mass is 230 g/mol. The molecule has 0 amide bonds. The Morgan fingerprint density at radius 1 is 1.24 bits per heavy atom. The summed E-state index contributed by atoms with van der Waals surface area (Å²) in [7, 11) is 0. The Kier molecular flexibility index (Phi) is 3.39. The molecule has 0 saturated heterocycles. The van der Waals surface area contributed by atoms with Crippen LogP contribution in [0.15, 0.2) is 42.0 Å². The first-order valence-electron chi connectivity index (χ1n) is 6.52. The average molecular weight is 230 g/mol. The fourth-order valence-electron chi connectivity index (χ4n) is 3.37. The second-order valence-electron chi connectivity index (χ2n) is 5.42. The first kappa shape index (κ1) is 12.4. The zero-order valence-corrected chi connectivity index (χ0v) is 11.0. The Morgan fingerprint density at radius 3 is 2.47 bits per heavy atom. The van der Waals surface area contributed by atoms with Crippen LogP contribution in [-0.4, -0.2) is 5.11 Å². The summed E-state index contributed by atoms with van der Waals surface area (Å²) in [5, 5.41) is 11.1. The van der Waals surface area contributed by atoms with E-state index in [2.05, 4.69) is 19.9 Å². The topological polar surface area (TPSA) is 20.2 Å². The van der Waals surface area contributed by atoms with Gasteiger partial charge in [-0.05, 0) is 42.7 Å². The van der Waals surface area contributed by atoms with Gasteiger partial charge in [0.1, 0.15) is 5.60 Å². The van der Waals surface area contributed by atoms with Crippen LogP contribution >= 0.6 is 0 Å². The summed E-state index contributed by atoms with van der Waals surface area (Å²) in [6.07, 6.45) is 4.11. The van der Waals surface area contributed by atoms with Crippen molar-refractivity contribution in [3.63, 3.8) is 0 Å². The largest absolute Gasteiger partial charge is 0.381 e. The van der Waals surface area contributed by atoms with Crippen LogP contribution in [-0.2, 0) is 5.60 Å². The lowest BCUT2D eigenvalue weighted by molar-refractivity contribution is 0.0176. The predicted molar refractivity (Wildman–Crippen MR) is 71.7 cm³/mol. The second-order valence-corrected chi connectivity index (χ2v) is 5.42. The van der Waals surface area contributed by atoms with Gasteiger partial charge in [-0.3, -0.25) is 0 Å². The zero-order chi connectivity index (χ0) is 12.5. The van der Waals surface area contributed by atoms with Crippen LogP contribution in [0, 0.1) is 11.8 Å². The minimum Gasteiger partial charge on any atom is -0.381 e. The first-order valence-corrected chi connectivity index (χ1v) is 6.52. The minimum atomic E-state index is -0.757. The van der Waals surface area contributed by atoms with E-state index in [9.17, 15) is 5.11 Å². The summed E-state index contributed by atoms with van der Waals surface area (Å²) in [5.74, 6) is 1.04. The molecule has 1 nitrogen and oxygen atoms in total. The molecule has 1 saturated carbocycles. The van der Waals surface area contributed by atoms with Gasteiger partial charge in [0, 0.05) is 0 Å². The van der Waals surface area contributed by atoms with Crippen LogP contribution in [0.1, 0.15) is 39.2 Å². The normalized spacial score (nSPS) is 36.1. The Hall–Kier alpha value is -1.08. The van der Waals surface area contributed by atoms with Crippen molar-refractivity contribution in [3.8, 4) is 0 Å². The van der Waals surface area contributed by atoms with Gasteiger partial charge < -0.3 is 5.11 Å². The Bertz CT molecular complexity index is 407. The van der Waals surface area contributed by atoms with Crippen LogP contribution in [0.3, 0.4) is 0 Å². The second kappa shape index (κ2) is 4.66. The molecule has 0 aromatic heterocycles. The van der Waals surface area contributed by atoms with Gasteiger partial charge in [0.25, 0.3) is 0 Å². The van der Waals surface area contributed by atoms with E-state index in [0.29, 0.717) is 11.8 Å². The molecule has 1 heteroatoms. The maximum absolute atomic E-state index is 11.1. The van der Waals surface area contributed by atoms with E-state index in [1.165, 1.54) is 12.0 Å². The molecule has 3 atom stereocenters. The molecule has 92 valence electrons. The van der Waals surface area contributed by atoms with Crippen molar-refractivity contribution in [2.24, 2.45) is 11.8 Å². The van der Waals surface area contributed by atoms with Crippen molar-refractivity contribution in [3.05, 3.63) is 47.5 Å². The van der Waals surface area contributed by atoms with Gasteiger partial charge in [-0.25, -0.2) is 0 Å². The molecule has 0 bridgehead atoms.